The van der Waals surface area contributed by atoms with Gasteiger partial charge < -0.3 is 0 Å². The molecule has 0 fully saturated rings. The van der Waals surface area contributed by atoms with Crippen molar-refractivity contribution < 1.29 is 0 Å². The highest BCUT2D eigenvalue weighted by Crippen LogP contribution is 2.24. The van der Waals surface area contributed by atoms with Crippen molar-refractivity contribution in [3.05, 3.63) is 59.7 Å². The van der Waals surface area contributed by atoms with Crippen molar-refractivity contribution in [1.29, 1.82) is 0 Å². The molecule has 0 saturated heterocycles. The van der Waals surface area contributed by atoms with Crippen molar-refractivity contribution >= 4 is 15.9 Å². The molecule has 0 heterocycles. The van der Waals surface area contributed by atoms with Crippen LogP contribution in [-0.4, -0.2) is 4.83 Å². The van der Waals surface area contributed by atoms with Gasteiger partial charge in [0.15, 0.2) is 0 Å². The van der Waals surface area contributed by atoms with E-state index in [0.29, 0.717) is 4.83 Å². The van der Waals surface area contributed by atoms with Gasteiger partial charge >= 0.3 is 0 Å². The number of rotatable bonds is 3. The van der Waals surface area contributed by atoms with Crippen LogP contribution in [0.5, 0.6) is 0 Å². The second-order valence-electron chi connectivity index (χ2n) is 4.50. The summed E-state index contributed by atoms with van der Waals surface area (Å²) in [5.74, 6) is 0. The van der Waals surface area contributed by atoms with Gasteiger partial charge in [0.25, 0.3) is 0 Å². The Bertz CT molecular complexity index is 500. The molecule has 0 spiro atoms. The van der Waals surface area contributed by atoms with Gasteiger partial charge in [-0.25, -0.2) is 0 Å². The molecule has 1 atom stereocenters. The van der Waals surface area contributed by atoms with Crippen molar-refractivity contribution in [2.45, 2.75) is 25.1 Å². The summed E-state index contributed by atoms with van der Waals surface area (Å²) in [6.45, 7) is 4.34. The molecular weight excluding hydrogens is 272 g/mol. The number of benzene rings is 2. The van der Waals surface area contributed by atoms with Gasteiger partial charge in [-0.05, 0) is 35.6 Å². The molecular formula is C16H17Br. The molecule has 2 aromatic carbocycles. The standard InChI is InChI=1S/C16H17Br/c1-12-6-3-4-9-16(12)15-8-5-7-14(11-15)10-13(2)17/h3-9,11,13H,10H2,1-2H3. The Hall–Kier alpha value is -1.08. The van der Waals surface area contributed by atoms with Gasteiger partial charge in [0.05, 0.1) is 0 Å². The first-order valence-corrected chi connectivity index (χ1v) is 6.87. The van der Waals surface area contributed by atoms with E-state index in [1.807, 2.05) is 0 Å². The number of aryl methyl sites for hydroxylation is 1. The summed E-state index contributed by atoms with van der Waals surface area (Å²) in [6.07, 6.45) is 1.07. The Labute approximate surface area is 112 Å². The molecule has 0 radical (unpaired) electrons. The molecule has 2 aromatic rings. The van der Waals surface area contributed by atoms with Gasteiger partial charge in [-0.2, -0.15) is 0 Å². The fourth-order valence-corrected chi connectivity index (χ4v) is 2.46. The average Bonchev–Trinajstić information content (AvgIpc) is 2.29. The van der Waals surface area contributed by atoms with Crippen LogP contribution < -0.4 is 0 Å². The van der Waals surface area contributed by atoms with E-state index < -0.39 is 0 Å². The molecule has 1 unspecified atom stereocenters. The van der Waals surface area contributed by atoms with Gasteiger partial charge in [0.2, 0.25) is 0 Å². The van der Waals surface area contributed by atoms with E-state index in [0.717, 1.165) is 6.42 Å². The van der Waals surface area contributed by atoms with Crippen LogP contribution in [0.3, 0.4) is 0 Å². The van der Waals surface area contributed by atoms with Gasteiger partial charge in [0, 0.05) is 4.83 Å². The maximum Gasteiger partial charge on any atom is 0.0157 e. The Morgan fingerprint density at radius 1 is 1.06 bits per heavy atom. The lowest BCUT2D eigenvalue weighted by atomic mass is 9.98. The third kappa shape index (κ3) is 3.19. The second-order valence-corrected chi connectivity index (χ2v) is 6.06. The zero-order chi connectivity index (χ0) is 12.3. The maximum absolute atomic E-state index is 3.61. The zero-order valence-electron chi connectivity index (χ0n) is 10.3. The third-order valence-corrected chi connectivity index (χ3v) is 3.22. The number of hydrogen-bond donors (Lipinski definition) is 0. The highest BCUT2D eigenvalue weighted by atomic mass is 79.9. The van der Waals surface area contributed by atoms with Crippen LogP contribution in [0.15, 0.2) is 48.5 Å². The van der Waals surface area contributed by atoms with Gasteiger partial charge in [-0.1, -0.05) is 71.4 Å². The molecule has 0 saturated carbocycles. The fraction of sp³-hybridized carbons (Fsp3) is 0.250. The first-order valence-electron chi connectivity index (χ1n) is 5.96. The molecule has 0 aliphatic carbocycles. The highest BCUT2D eigenvalue weighted by molar-refractivity contribution is 9.09. The molecule has 0 aromatic heterocycles. The Balaban J connectivity index is 2.37. The van der Waals surface area contributed by atoms with E-state index in [2.05, 4.69) is 78.3 Å². The highest BCUT2D eigenvalue weighted by Gasteiger charge is 2.03. The molecule has 0 aliphatic heterocycles. The lowest BCUT2D eigenvalue weighted by molar-refractivity contribution is 0.960. The van der Waals surface area contributed by atoms with Crippen LogP contribution in [0.1, 0.15) is 18.1 Å². The van der Waals surface area contributed by atoms with Crippen LogP contribution in [0.25, 0.3) is 11.1 Å². The minimum atomic E-state index is 0.523. The van der Waals surface area contributed by atoms with E-state index in [-0.39, 0.29) is 0 Å². The van der Waals surface area contributed by atoms with Crippen LogP contribution in [0, 0.1) is 6.92 Å². The van der Waals surface area contributed by atoms with E-state index >= 15 is 0 Å². The minimum absolute atomic E-state index is 0.523. The zero-order valence-corrected chi connectivity index (χ0v) is 11.9. The molecule has 0 aliphatic rings. The Morgan fingerprint density at radius 3 is 2.53 bits per heavy atom. The predicted octanol–water partition coefficient (Wildman–Crippen LogP) is 4.99. The summed E-state index contributed by atoms with van der Waals surface area (Å²) in [5, 5.41) is 0. The van der Waals surface area contributed by atoms with Crippen LogP contribution in [0.2, 0.25) is 0 Å². The molecule has 1 heteroatoms. The number of alkyl halides is 1. The molecule has 0 N–H and O–H groups in total. The molecule has 2 rings (SSSR count). The molecule has 0 nitrogen and oxygen atoms in total. The normalized spacial score (nSPS) is 12.4. The van der Waals surface area contributed by atoms with E-state index in [1.54, 1.807) is 0 Å². The number of hydrogen-bond acceptors (Lipinski definition) is 0. The summed E-state index contributed by atoms with van der Waals surface area (Å²) in [7, 11) is 0. The fourth-order valence-electron chi connectivity index (χ4n) is 2.09. The summed E-state index contributed by atoms with van der Waals surface area (Å²) in [4.78, 5) is 0.523. The first-order chi connectivity index (χ1) is 8.16. The quantitative estimate of drug-likeness (QED) is 0.698. The molecule has 88 valence electrons. The van der Waals surface area contributed by atoms with Gasteiger partial charge in [-0.15, -0.1) is 0 Å². The van der Waals surface area contributed by atoms with Crippen LogP contribution >= 0.6 is 15.9 Å². The maximum atomic E-state index is 3.61. The van der Waals surface area contributed by atoms with Crippen molar-refractivity contribution in [2.75, 3.05) is 0 Å². The van der Waals surface area contributed by atoms with Crippen molar-refractivity contribution in [1.82, 2.24) is 0 Å². The van der Waals surface area contributed by atoms with Crippen LogP contribution in [-0.2, 0) is 6.42 Å². The summed E-state index contributed by atoms with van der Waals surface area (Å²) >= 11 is 3.61. The summed E-state index contributed by atoms with van der Waals surface area (Å²) in [6, 6.07) is 17.4. The monoisotopic (exact) mass is 288 g/mol. The Kier molecular flexibility index (Phi) is 4.01. The van der Waals surface area contributed by atoms with Gasteiger partial charge in [-0.3, -0.25) is 0 Å². The smallest absolute Gasteiger partial charge is 0.0157 e. The second kappa shape index (κ2) is 5.50. The topological polar surface area (TPSA) is 0 Å². The average molecular weight is 289 g/mol. The largest absolute Gasteiger partial charge is 0.0890 e. The lowest BCUT2D eigenvalue weighted by Gasteiger charge is -2.09. The summed E-state index contributed by atoms with van der Waals surface area (Å²) in [5.41, 5.74) is 5.36. The number of halogens is 1. The lowest BCUT2D eigenvalue weighted by Crippen LogP contribution is -1.96. The third-order valence-electron chi connectivity index (χ3n) is 2.90. The molecule has 0 amide bonds. The Morgan fingerprint density at radius 2 is 1.82 bits per heavy atom. The van der Waals surface area contributed by atoms with E-state index in [1.165, 1.54) is 22.3 Å². The van der Waals surface area contributed by atoms with Crippen molar-refractivity contribution in [3.63, 3.8) is 0 Å². The minimum Gasteiger partial charge on any atom is -0.0890 e. The van der Waals surface area contributed by atoms with Gasteiger partial charge in [0.1, 0.15) is 0 Å². The van der Waals surface area contributed by atoms with E-state index in [9.17, 15) is 0 Å². The summed E-state index contributed by atoms with van der Waals surface area (Å²) < 4.78 is 0. The van der Waals surface area contributed by atoms with Crippen molar-refractivity contribution in [3.8, 4) is 11.1 Å². The van der Waals surface area contributed by atoms with E-state index in [4.69, 9.17) is 0 Å². The van der Waals surface area contributed by atoms with Crippen LogP contribution in [0.4, 0.5) is 0 Å². The molecule has 0 bridgehead atoms. The predicted molar refractivity (Wildman–Crippen MR) is 78.7 cm³/mol. The van der Waals surface area contributed by atoms with Crippen molar-refractivity contribution in [2.24, 2.45) is 0 Å². The first kappa shape index (κ1) is 12.4. The SMILES string of the molecule is Cc1ccccc1-c1cccc(CC(C)Br)c1. The molecule has 17 heavy (non-hydrogen) atoms.